The minimum absolute atomic E-state index is 0.0332. The van der Waals surface area contributed by atoms with Crippen LogP contribution in [0.25, 0.3) is 5.69 Å². The minimum Gasteiger partial charge on any atom is -0.388 e. The highest BCUT2D eigenvalue weighted by atomic mass is 35.5. The van der Waals surface area contributed by atoms with E-state index in [2.05, 4.69) is 10.4 Å². The fourth-order valence-electron chi connectivity index (χ4n) is 3.20. The van der Waals surface area contributed by atoms with Crippen LogP contribution in [0.4, 0.5) is 18.9 Å². The average molecular weight is 402 g/mol. The van der Waals surface area contributed by atoms with Crippen molar-refractivity contribution in [2.45, 2.75) is 43.9 Å². The van der Waals surface area contributed by atoms with Crippen LogP contribution in [0.5, 0.6) is 0 Å². The van der Waals surface area contributed by atoms with Gasteiger partial charge >= 0.3 is 6.18 Å². The van der Waals surface area contributed by atoms with Crippen LogP contribution in [0, 0.1) is 0 Å². The zero-order valence-electron chi connectivity index (χ0n) is 14.4. The Morgan fingerprint density at radius 1 is 1.26 bits per heavy atom. The van der Waals surface area contributed by atoms with Gasteiger partial charge in [-0.05, 0) is 31.0 Å². The molecule has 27 heavy (non-hydrogen) atoms. The molecular formula is C18H19ClF3N3O2. The van der Waals surface area contributed by atoms with Crippen molar-refractivity contribution in [3.63, 3.8) is 0 Å². The maximum Gasteiger partial charge on any atom is 0.416 e. The van der Waals surface area contributed by atoms with Crippen LogP contribution in [-0.2, 0) is 6.18 Å². The summed E-state index contributed by atoms with van der Waals surface area (Å²) in [7, 11) is 0. The number of aromatic nitrogens is 2. The lowest BCUT2D eigenvalue weighted by atomic mass is 9.85. The van der Waals surface area contributed by atoms with E-state index in [-0.39, 0.29) is 22.9 Å². The van der Waals surface area contributed by atoms with Gasteiger partial charge in [0.2, 0.25) is 0 Å². The Balaban J connectivity index is 1.84. The van der Waals surface area contributed by atoms with E-state index in [1.807, 2.05) is 0 Å². The van der Waals surface area contributed by atoms with Crippen molar-refractivity contribution in [3.8, 4) is 5.69 Å². The van der Waals surface area contributed by atoms with Crippen molar-refractivity contribution in [2.75, 3.05) is 11.9 Å². The number of nitrogens with one attached hydrogen (secondary N) is 1. The van der Waals surface area contributed by atoms with E-state index in [4.69, 9.17) is 11.6 Å². The van der Waals surface area contributed by atoms with Crippen LogP contribution >= 0.6 is 11.6 Å². The molecule has 2 aromatic rings. The predicted molar refractivity (Wildman–Crippen MR) is 96.4 cm³/mol. The molecule has 0 radical (unpaired) electrons. The number of halogens is 4. The number of hydrogen-bond acceptors (Lipinski definition) is 4. The average Bonchev–Trinajstić information content (AvgIpc) is 2.63. The zero-order valence-corrected chi connectivity index (χ0v) is 15.1. The molecule has 5 nitrogen and oxygen atoms in total. The van der Waals surface area contributed by atoms with Gasteiger partial charge in [0.15, 0.2) is 0 Å². The van der Waals surface area contributed by atoms with Gasteiger partial charge in [0.25, 0.3) is 5.56 Å². The van der Waals surface area contributed by atoms with Crippen molar-refractivity contribution in [1.82, 2.24) is 9.78 Å². The Morgan fingerprint density at radius 3 is 2.63 bits per heavy atom. The number of aliphatic hydroxyl groups is 1. The monoisotopic (exact) mass is 401 g/mol. The first-order valence-electron chi connectivity index (χ1n) is 8.61. The summed E-state index contributed by atoms with van der Waals surface area (Å²) in [6.07, 6.45) is 1.01. The highest BCUT2D eigenvalue weighted by Crippen LogP contribution is 2.31. The summed E-state index contributed by atoms with van der Waals surface area (Å²) in [5.74, 6) is 0. The molecule has 146 valence electrons. The topological polar surface area (TPSA) is 67.2 Å². The lowest BCUT2D eigenvalue weighted by Crippen LogP contribution is -2.39. The zero-order chi connectivity index (χ0) is 19.7. The summed E-state index contributed by atoms with van der Waals surface area (Å²) in [4.78, 5) is 12.5. The third-order valence-electron chi connectivity index (χ3n) is 4.73. The first-order chi connectivity index (χ1) is 12.7. The van der Waals surface area contributed by atoms with Crippen molar-refractivity contribution in [1.29, 1.82) is 0 Å². The van der Waals surface area contributed by atoms with Crippen molar-refractivity contribution < 1.29 is 18.3 Å². The first-order valence-corrected chi connectivity index (χ1v) is 8.99. The normalized spacial score (nSPS) is 16.9. The molecule has 2 N–H and O–H groups in total. The smallest absolute Gasteiger partial charge is 0.388 e. The molecule has 0 unspecified atom stereocenters. The van der Waals surface area contributed by atoms with E-state index < -0.39 is 22.9 Å². The second-order valence-electron chi connectivity index (χ2n) is 6.78. The molecule has 1 heterocycles. The molecule has 0 bridgehead atoms. The van der Waals surface area contributed by atoms with Crippen LogP contribution < -0.4 is 10.9 Å². The number of benzene rings is 1. The van der Waals surface area contributed by atoms with Gasteiger partial charge in [0.05, 0.1) is 28.7 Å². The van der Waals surface area contributed by atoms with E-state index in [0.717, 1.165) is 36.1 Å². The summed E-state index contributed by atoms with van der Waals surface area (Å²) in [6.45, 7) is 0.224. The van der Waals surface area contributed by atoms with Crippen LogP contribution in [-0.4, -0.2) is 27.0 Å². The summed E-state index contributed by atoms with van der Waals surface area (Å²) >= 11 is 6.10. The molecular weight excluding hydrogens is 383 g/mol. The second kappa shape index (κ2) is 7.52. The largest absolute Gasteiger partial charge is 0.416 e. The molecule has 0 saturated heterocycles. The van der Waals surface area contributed by atoms with Crippen molar-refractivity contribution in [3.05, 3.63) is 51.4 Å². The molecule has 0 aliphatic heterocycles. The number of anilines is 1. The third kappa shape index (κ3) is 4.44. The fraction of sp³-hybridized carbons (Fsp3) is 0.444. The summed E-state index contributed by atoms with van der Waals surface area (Å²) in [6, 6.07) is 4.29. The molecule has 1 fully saturated rings. The Labute approximate surface area is 158 Å². The van der Waals surface area contributed by atoms with Gasteiger partial charge in [-0.2, -0.15) is 23.0 Å². The van der Waals surface area contributed by atoms with Gasteiger partial charge in [-0.3, -0.25) is 4.79 Å². The molecule has 1 aromatic carbocycles. The first kappa shape index (κ1) is 19.7. The number of hydrogen-bond donors (Lipinski definition) is 2. The molecule has 1 saturated carbocycles. The summed E-state index contributed by atoms with van der Waals surface area (Å²) in [5.41, 5.74) is -2.28. The molecule has 0 amide bonds. The molecule has 1 aromatic heterocycles. The molecule has 9 heteroatoms. The molecule has 1 aliphatic rings. The number of rotatable bonds is 4. The highest BCUT2D eigenvalue weighted by molar-refractivity contribution is 6.32. The van der Waals surface area contributed by atoms with Gasteiger partial charge in [-0.25, -0.2) is 0 Å². The van der Waals surface area contributed by atoms with Crippen LogP contribution in [0.15, 0.2) is 35.3 Å². The molecule has 0 atom stereocenters. The lowest BCUT2D eigenvalue weighted by Gasteiger charge is -2.32. The van der Waals surface area contributed by atoms with Crippen molar-refractivity contribution >= 4 is 17.3 Å². The van der Waals surface area contributed by atoms with Gasteiger partial charge < -0.3 is 10.4 Å². The number of nitrogens with zero attached hydrogens (tertiary/aromatic N) is 2. The SMILES string of the molecule is O=c1c(Cl)c(NCC2(O)CCCCC2)cnn1-c1cccc(C(F)(F)F)c1. The Hall–Kier alpha value is -2.06. The maximum absolute atomic E-state index is 12.9. The Morgan fingerprint density at radius 2 is 1.96 bits per heavy atom. The number of alkyl halides is 3. The standard InChI is InChI=1S/C18H19ClF3N3O2/c19-15-14(23-11-17(27)7-2-1-3-8-17)10-24-25(16(15)26)13-6-4-5-12(9-13)18(20,21)22/h4-6,9-10,23,27H,1-3,7-8,11H2. The molecule has 3 rings (SSSR count). The van der Waals surface area contributed by atoms with E-state index in [0.29, 0.717) is 12.8 Å². The second-order valence-corrected chi connectivity index (χ2v) is 7.15. The third-order valence-corrected chi connectivity index (χ3v) is 5.09. The highest BCUT2D eigenvalue weighted by Gasteiger charge is 2.31. The van der Waals surface area contributed by atoms with E-state index in [1.54, 1.807) is 0 Å². The summed E-state index contributed by atoms with van der Waals surface area (Å²) in [5, 5.41) is 17.2. The predicted octanol–water partition coefficient (Wildman–Crippen LogP) is 4.01. The molecule has 1 aliphatic carbocycles. The van der Waals surface area contributed by atoms with Crippen LogP contribution in [0.3, 0.4) is 0 Å². The molecule has 0 spiro atoms. The van der Waals surface area contributed by atoms with Crippen LogP contribution in [0.1, 0.15) is 37.7 Å². The lowest BCUT2D eigenvalue weighted by molar-refractivity contribution is -0.137. The quantitative estimate of drug-likeness (QED) is 0.812. The fourth-order valence-corrected chi connectivity index (χ4v) is 3.40. The van der Waals surface area contributed by atoms with Crippen LogP contribution in [0.2, 0.25) is 5.02 Å². The maximum atomic E-state index is 12.9. The van der Waals surface area contributed by atoms with E-state index in [1.165, 1.54) is 18.3 Å². The van der Waals surface area contributed by atoms with Gasteiger partial charge in [0.1, 0.15) is 5.02 Å². The summed E-state index contributed by atoms with van der Waals surface area (Å²) < 4.78 is 39.4. The Kier molecular flexibility index (Phi) is 5.48. The van der Waals surface area contributed by atoms with Gasteiger partial charge in [0, 0.05) is 6.54 Å². The minimum atomic E-state index is -4.53. The van der Waals surface area contributed by atoms with Gasteiger partial charge in [-0.1, -0.05) is 36.9 Å². The van der Waals surface area contributed by atoms with Crippen molar-refractivity contribution in [2.24, 2.45) is 0 Å². The van der Waals surface area contributed by atoms with E-state index in [9.17, 15) is 23.1 Å². The Bertz CT molecular complexity index is 877. The van der Waals surface area contributed by atoms with E-state index >= 15 is 0 Å². The van der Waals surface area contributed by atoms with Gasteiger partial charge in [-0.15, -0.1) is 0 Å².